The van der Waals surface area contributed by atoms with Gasteiger partial charge in [0, 0.05) is 57.7 Å². The molecule has 3 N–H and O–H groups in total. The Morgan fingerprint density at radius 1 is 1.17 bits per heavy atom. The number of carbonyl (C=O) groups is 2. The van der Waals surface area contributed by atoms with Gasteiger partial charge in [-0.1, -0.05) is 12.1 Å². The number of carbonyl (C=O) groups excluding carboxylic acids is 2. The average Bonchev–Trinajstić information content (AvgIpc) is 3.24. The zero-order chi connectivity index (χ0) is 19.8. The first-order valence-electron chi connectivity index (χ1n) is 9.36. The molecule has 156 valence electrons. The molecule has 1 aliphatic heterocycles. The number of benzene rings is 1. The fourth-order valence-electron chi connectivity index (χ4n) is 2.99. The highest BCUT2D eigenvalue weighted by atomic mass is 127. The van der Waals surface area contributed by atoms with Crippen molar-refractivity contribution in [2.75, 3.05) is 33.2 Å². The minimum Gasteiger partial charge on any atom is -0.355 e. The summed E-state index contributed by atoms with van der Waals surface area (Å²) in [7, 11) is 1.74. The molecule has 29 heavy (non-hydrogen) atoms. The summed E-state index contributed by atoms with van der Waals surface area (Å²) in [5, 5.41) is 9.26. The summed E-state index contributed by atoms with van der Waals surface area (Å²) in [6, 6.07) is 11.4. The maximum Gasteiger partial charge on any atom is 0.254 e. The zero-order valence-corrected chi connectivity index (χ0v) is 18.8. The van der Waals surface area contributed by atoms with Crippen molar-refractivity contribution < 1.29 is 9.59 Å². The van der Waals surface area contributed by atoms with Crippen molar-refractivity contribution in [3.8, 4) is 0 Å². The van der Waals surface area contributed by atoms with Crippen molar-refractivity contribution in [2.45, 2.75) is 13.1 Å². The van der Waals surface area contributed by atoms with E-state index in [9.17, 15) is 9.59 Å². The third kappa shape index (κ3) is 6.77. The lowest BCUT2D eigenvalue weighted by molar-refractivity contribution is -0.123. The van der Waals surface area contributed by atoms with Crippen LogP contribution in [-0.2, 0) is 17.9 Å². The summed E-state index contributed by atoms with van der Waals surface area (Å²) in [6.07, 6.45) is 4.05. The van der Waals surface area contributed by atoms with Crippen molar-refractivity contribution in [3.63, 3.8) is 0 Å². The Balaban J connectivity index is 0.00000300. The molecule has 1 saturated heterocycles. The summed E-state index contributed by atoms with van der Waals surface area (Å²) in [5.41, 5.74) is 1.63. The number of rotatable bonds is 6. The van der Waals surface area contributed by atoms with Crippen molar-refractivity contribution in [2.24, 2.45) is 4.99 Å². The highest BCUT2D eigenvalue weighted by Crippen LogP contribution is 2.09. The predicted octanol–water partition coefficient (Wildman–Crippen LogP) is 1.04. The summed E-state index contributed by atoms with van der Waals surface area (Å²) < 4.78 is 2.10. The summed E-state index contributed by atoms with van der Waals surface area (Å²) >= 11 is 0. The van der Waals surface area contributed by atoms with E-state index in [-0.39, 0.29) is 42.3 Å². The van der Waals surface area contributed by atoms with Gasteiger partial charge in [0.05, 0.1) is 6.54 Å². The lowest BCUT2D eigenvalue weighted by Crippen LogP contribution is -2.49. The van der Waals surface area contributed by atoms with Gasteiger partial charge in [-0.25, -0.2) is 0 Å². The average molecular weight is 510 g/mol. The number of piperazine rings is 1. The largest absolute Gasteiger partial charge is 0.355 e. The van der Waals surface area contributed by atoms with Crippen molar-refractivity contribution in [3.05, 3.63) is 59.9 Å². The van der Waals surface area contributed by atoms with E-state index in [1.165, 1.54) is 0 Å². The van der Waals surface area contributed by atoms with Gasteiger partial charge in [0.2, 0.25) is 5.91 Å². The molecule has 0 saturated carbocycles. The third-order valence-electron chi connectivity index (χ3n) is 4.54. The monoisotopic (exact) mass is 510 g/mol. The van der Waals surface area contributed by atoms with Gasteiger partial charge >= 0.3 is 0 Å². The van der Waals surface area contributed by atoms with Crippen LogP contribution in [0.5, 0.6) is 0 Å². The van der Waals surface area contributed by atoms with Gasteiger partial charge in [-0.2, -0.15) is 0 Å². The Hall–Kier alpha value is -2.56. The smallest absolute Gasteiger partial charge is 0.254 e. The maximum absolute atomic E-state index is 12.5. The quantitative estimate of drug-likeness (QED) is 0.308. The SMILES string of the molecule is CN=C(NCCn1cccc1)NCc1ccc(C(=O)N2CCNC(=O)C2)cc1.I. The Morgan fingerprint density at radius 3 is 2.55 bits per heavy atom. The van der Waals surface area contributed by atoms with Gasteiger partial charge in [0.25, 0.3) is 5.91 Å². The minimum atomic E-state index is -0.115. The fraction of sp³-hybridized carbons (Fsp3) is 0.350. The second-order valence-corrected chi connectivity index (χ2v) is 6.55. The Bertz CT molecular complexity index is 820. The fourth-order valence-corrected chi connectivity index (χ4v) is 2.99. The molecule has 0 bridgehead atoms. The summed E-state index contributed by atoms with van der Waals surface area (Å²) in [4.78, 5) is 29.7. The number of aromatic nitrogens is 1. The number of nitrogens with one attached hydrogen (secondary N) is 3. The van der Waals surface area contributed by atoms with E-state index >= 15 is 0 Å². The van der Waals surface area contributed by atoms with E-state index in [1.807, 2.05) is 36.7 Å². The van der Waals surface area contributed by atoms with E-state index in [2.05, 4.69) is 25.5 Å². The van der Waals surface area contributed by atoms with Gasteiger partial charge < -0.3 is 25.4 Å². The number of hydrogen-bond donors (Lipinski definition) is 3. The molecule has 2 amide bonds. The molecule has 0 unspecified atom stereocenters. The maximum atomic E-state index is 12.5. The lowest BCUT2D eigenvalue weighted by Gasteiger charge is -2.26. The Labute approximate surface area is 187 Å². The second-order valence-electron chi connectivity index (χ2n) is 6.55. The van der Waals surface area contributed by atoms with Gasteiger partial charge in [-0.05, 0) is 29.8 Å². The molecule has 1 aliphatic rings. The lowest BCUT2D eigenvalue weighted by atomic mass is 10.1. The molecule has 0 atom stereocenters. The van der Waals surface area contributed by atoms with Crippen LogP contribution in [0.25, 0.3) is 0 Å². The topological polar surface area (TPSA) is 90.8 Å². The van der Waals surface area contributed by atoms with Crippen LogP contribution in [0.4, 0.5) is 0 Å². The third-order valence-corrected chi connectivity index (χ3v) is 4.54. The molecule has 0 aliphatic carbocycles. The first-order valence-corrected chi connectivity index (χ1v) is 9.36. The second kappa shape index (κ2) is 11.4. The van der Waals surface area contributed by atoms with Gasteiger partial charge in [0.15, 0.2) is 5.96 Å². The van der Waals surface area contributed by atoms with Crippen molar-refractivity contribution >= 4 is 41.8 Å². The molecule has 0 radical (unpaired) electrons. The number of aliphatic imine (C=N–C) groups is 1. The first kappa shape index (κ1) is 22.7. The normalized spacial score (nSPS) is 14.0. The molecular formula is C20H27IN6O2. The summed E-state index contributed by atoms with van der Waals surface area (Å²) in [6.45, 7) is 3.39. The molecule has 1 fully saturated rings. The van der Waals surface area contributed by atoms with Crippen LogP contribution in [0.3, 0.4) is 0 Å². The van der Waals surface area contributed by atoms with E-state index in [0.29, 0.717) is 25.2 Å². The van der Waals surface area contributed by atoms with E-state index in [4.69, 9.17) is 0 Å². The van der Waals surface area contributed by atoms with Crippen LogP contribution >= 0.6 is 24.0 Å². The van der Waals surface area contributed by atoms with Gasteiger partial charge in [-0.15, -0.1) is 24.0 Å². The van der Waals surface area contributed by atoms with E-state index in [0.717, 1.165) is 24.6 Å². The van der Waals surface area contributed by atoms with Crippen LogP contribution < -0.4 is 16.0 Å². The van der Waals surface area contributed by atoms with Gasteiger partial charge in [0.1, 0.15) is 0 Å². The number of guanidine groups is 1. The minimum absolute atomic E-state index is 0. The predicted molar refractivity (Wildman–Crippen MR) is 123 cm³/mol. The molecule has 8 nitrogen and oxygen atoms in total. The zero-order valence-electron chi connectivity index (χ0n) is 16.4. The van der Waals surface area contributed by atoms with E-state index in [1.54, 1.807) is 24.1 Å². The Morgan fingerprint density at radius 2 is 1.90 bits per heavy atom. The summed E-state index contributed by atoms with van der Waals surface area (Å²) in [5.74, 6) is 0.500. The van der Waals surface area contributed by atoms with Crippen molar-refractivity contribution in [1.82, 2.24) is 25.4 Å². The standard InChI is InChI=1S/C20H26N6O2.HI/c1-21-20(23-8-12-25-10-2-3-11-25)24-14-16-4-6-17(7-5-16)19(28)26-13-9-22-18(27)15-26;/h2-7,10-11H,8-9,12-15H2,1H3,(H,22,27)(H2,21,23,24);1H. The number of nitrogens with zero attached hydrogens (tertiary/aromatic N) is 3. The molecule has 1 aromatic carbocycles. The van der Waals surface area contributed by atoms with Crippen molar-refractivity contribution in [1.29, 1.82) is 0 Å². The number of hydrogen-bond acceptors (Lipinski definition) is 3. The molecule has 0 spiro atoms. The van der Waals surface area contributed by atoms with Crippen LogP contribution in [0.1, 0.15) is 15.9 Å². The molecule has 2 heterocycles. The first-order chi connectivity index (χ1) is 13.7. The molecule has 3 rings (SSSR count). The van der Waals surface area contributed by atoms with E-state index < -0.39 is 0 Å². The highest BCUT2D eigenvalue weighted by Gasteiger charge is 2.22. The molecule has 2 aromatic rings. The molecular weight excluding hydrogens is 483 g/mol. The van der Waals surface area contributed by atoms with Crippen LogP contribution in [0, 0.1) is 0 Å². The van der Waals surface area contributed by atoms with Crippen LogP contribution in [0.2, 0.25) is 0 Å². The van der Waals surface area contributed by atoms with Crippen LogP contribution in [-0.4, -0.2) is 60.5 Å². The number of amides is 2. The van der Waals surface area contributed by atoms with Crippen LogP contribution in [0.15, 0.2) is 53.8 Å². The molecule has 9 heteroatoms. The highest BCUT2D eigenvalue weighted by molar-refractivity contribution is 14.0. The molecule has 1 aromatic heterocycles. The Kier molecular flexibility index (Phi) is 8.97. The van der Waals surface area contributed by atoms with Gasteiger partial charge in [-0.3, -0.25) is 14.6 Å². The number of halogens is 1.